The number of likely N-dealkylation sites (tertiary alicyclic amines) is 1. The van der Waals surface area contributed by atoms with Crippen LogP contribution in [0.15, 0.2) is 28.2 Å². The second-order valence-electron chi connectivity index (χ2n) is 8.14. The number of ether oxygens (including phenoxy) is 1. The maximum atomic E-state index is 12.2. The maximum absolute atomic E-state index is 12.2. The van der Waals surface area contributed by atoms with Gasteiger partial charge >= 0.3 is 5.69 Å². The molecular weight excluding hydrogens is 416 g/mol. The highest BCUT2D eigenvalue weighted by atomic mass is 32.1. The number of aromatic amines is 2. The Hall–Kier alpha value is -2.56. The van der Waals surface area contributed by atoms with Crippen LogP contribution in [0.5, 0.6) is 0 Å². The van der Waals surface area contributed by atoms with Gasteiger partial charge in [-0.25, -0.2) is 14.8 Å². The van der Waals surface area contributed by atoms with Crippen LogP contribution in [0.4, 0.5) is 5.82 Å². The standard InChI is InChI=1S/C21H26N6O3S/c28-20-15(11-22-21(29)25-20)17-10-16-18(31-17)19(24-13-23-16)27-7-4-14(12-27)30-9-8-26-5-2-1-3-6-26/h10-11,13-14H,1-9,12H2,(H2,22,25,28,29). The maximum Gasteiger partial charge on any atom is 0.325 e. The highest BCUT2D eigenvalue weighted by molar-refractivity contribution is 7.22. The number of hydrogen-bond acceptors (Lipinski definition) is 8. The Morgan fingerprint density at radius 2 is 2.03 bits per heavy atom. The summed E-state index contributed by atoms with van der Waals surface area (Å²) in [5, 5.41) is 0. The van der Waals surface area contributed by atoms with Crippen LogP contribution >= 0.6 is 11.3 Å². The van der Waals surface area contributed by atoms with E-state index in [-0.39, 0.29) is 6.10 Å². The lowest BCUT2D eigenvalue weighted by Crippen LogP contribution is -2.34. The lowest BCUT2D eigenvalue weighted by atomic mass is 10.1. The first-order valence-corrected chi connectivity index (χ1v) is 11.6. The second-order valence-corrected chi connectivity index (χ2v) is 9.19. The van der Waals surface area contributed by atoms with Crippen LogP contribution in [0, 0.1) is 0 Å². The van der Waals surface area contributed by atoms with Crippen LogP contribution in [0.3, 0.4) is 0 Å². The van der Waals surface area contributed by atoms with Gasteiger partial charge in [0.05, 0.1) is 28.5 Å². The molecule has 164 valence electrons. The van der Waals surface area contributed by atoms with E-state index in [9.17, 15) is 9.59 Å². The summed E-state index contributed by atoms with van der Waals surface area (Å²) in [5.41, 5.74) is 0.297. The van der Waals surface area contributed by atoms with Crippen molar-refractivity contribution in [1.29, 1.82) is 0 Å². The highest BCUT2D eigenvalue weighted by Crippen LogP contribution is 2.36. The number of anilines is 1. The van der Waals surface area contributed by atoms with Gasteiger partial charge in [0.2, 0.25) is 0 Å². The minimum absolute atomic E-state index is 0.205. The zero-order valence-electron chi connectivity index (χ0n) is 17.3. The van der Waals surface area contributed by atoms with Crippen molar-refractivity contribution in [3.8, 4) is 10.4 Å². The molecule has 10 heteroatoms. The summed E-state index contributed by atoms with van der Waals surface area (Å²) in [6.07, 6.45) is 8.14. The number of piperidine rings is 1. The Morgan fingerprint density at radius 1 is 1.16 bits per heavy atom. The first-order chi connectivity index (χ1) is 15.2. The summed E-state index contributed by atoms with van der Waals surface area (Å²) in [6.45, 7) is 5.85. The van der Waals surface area contributed by atoms with Crippen molar-refractivity contribution in [3.05, 3.63) is 39.4 Å². The van der Waals surface area contributed by atoms with E-state index in [0.717, 1.165) is 53.6 Å². The van der Waals surface area contributed by atoms with Gasteiger partial charge in [0.25, 0.3) is 5.56 Å². The van der Waals surface area contributed by atoms with E-state index in [1.54, 1.807) is 6.33 Å². The second kappa shape index (κ2) is 8.89. The summed E-state index contributed by atoms with van der Waals surface area (Å²) >= 11 is 1.47. The third-order valence-electron chi connectivity index (χ3n) is 6.03. The van der Waals surface area contributed by atoms with Crippen LogP contribution < -0.4 is 16.1 Å². The molecule has 2 saturated heterocycles. The number of thiophene rings is 1. The quantitative estimate of drug-likeness (QED) is 0.600. The number of H-pyrrole nitrogens is 2. The van der Waals surface area contributed by atoms with Crippen LogP contribution in [-0.2, 0) is 4.74 Å². The molecule has 0 aliphatic carbocycles. The summed E-state index contributed by atoms with van der Waals surface area (Å²) in [6, 6.07) is 1.87. The molecule has 2 aliphatic heterocycles. The fraction of sp³-hybridized carbons (Fsp3) is 0.524. The van der Waals surface area contributed by atoms with E-state index in [1.807, 2.05) is 6.07 Å². The van der Waals surface area contributed by atoms with E-state index in [4.69, 9.17) is 4.74 Å². The lowest BCUT2D eigenvalue weighted by molar-refractivity contribution is 0.0467. The molecule has 9 nitrogen and oxygen atoms in total. The van der Waals surface area contributed by atoms with Gasteiger partial charge in [-0.2, -0.15) is 0 Å². The molecule has 31 heavy (non-hydrogen) atoms. The Kier molecular flexibility index (Phi) is 5.84. The van der Waals surface area contributed by atoms with Crippen molar-refractivity contribution in [1.82, 2.24) is 24.8 Å². The Balaban J connectivity index is 1.28. The van der Waals surface area contributed by atoms with E-state index in [2.05, 4.69) is 29.7 Å². The number of aromatic nitrogens is 4. The summed E-state index contributed by atoms with van der Waals surface area (Å²) in [4.78, 5) is 42.7. The molecule has 0 radical (unpaired) electrons. The topological polar surface area (TPSA) is 107 Å². The molecule has 5 rings (SSSR count). The molecule has 0 saturated carbocycles. The number of nitrogens with one attached hydrogen (secondary N) is 2. The van der Waals surface area contributed by atoms with Crippen molar-refractivity contribution in [2.45, 2.75) is 31.8 Å². The molecule has 5 heterocycles. The summed E-state index contributed by atoms with van der Waals surface area (Å²) in [5.74, 6) is 0.879. The van der Waals surface area contributed by atoms with Crippen molar-refractivity contribution in [2.24, 2.45) is 0 Å². The van der Waals surface area contributed by atoms with Gasteiger partial charge < -0.3 is 19.5 Å². The molecule has 2 N–H and O–H groups in total. The highest BCUT2D eigenvalue weighted by Gasteiger charge is 2.26. The molecule has 1 unspecified atom stereocenters. The molecular formula is C21H26N6O3S. The normalized spacial score (nSPS) is 20.0. The molecule has 1 atom stereocenters. The third kappa shape index (κ3) is 4.41. The van der Waals surface area contributed by atoms with Crippen molar-refractivity contribution in [2.75, 3.05) is 44.2 Å². The minimum Gasteiger partial charge on any atom is -0.375 e. The molecule has 2 aliphatic rings. The van der Waals surface area contributed by atoms with Gasteiger partial charge in [-0.15, -0.1) is 11.3 Å². The van der Waals surface area contributed by atoms with Crippen LogP contribution in [0.2, 0.25) is 0 Å². The van der Waals surface area contributed by atoms with Crippen molar-refractivity contribution < 1.29 is 4.74 Å². The van der Waals surface area contributed by atoms with E-state index >= 15 is 0 Å². The van der Waals surface area contributed by atoms with Gasteiger partial charge in [-0.1, -0.05) is 6.42 Å². The monoisotopic (exact) mass is 442 g/mol. The molecule has 0 amide bonds. The molecule has 3 aromatic rings. The molecule has 0 aromatic carbocycles. The largest absolute Gasteiger partial charge is 0.375 e. The van der Waals surface area contributed by atoms with Crippen LogP contribution in [0.25, 0.3) is 20.7 Å². The van der Waals surface area contributed by atoms with Gasteiger partial charge in [0, 0.05) is 30.7 Å². The number of nitrogens with zero attached hydrogens (tertiary/aromatic N) is 4. The van der Waals surface area contributed by atoms with Crippen LogP contribution in [-0.4, -0.2) is 70.3 Å². The van der Waals surface area contributed by atoms with E-state index in [1.165, 1.54) is 49.9 Å². The predicted molar refractivity (Wildman–Crippen MR) is 121 cm³/mol. The molecule has 3 aromatic heterocycles. The van der Waals surface area contributed by atoms with Gasteiger partial charge in [0.1, 0.15) is 12.1 Å². The Morgan fingerprint density at radius 3 is 2.87 bits per heavy atom. The number of hydrogen-bond donors (Lipinski definition) is 2. The zero-order valence-corrected chi connectivity index (χ0v) is 18.1. The van der Waals surface area contributed by atoms with Gasteiger partial charge in [-0.3, -0.25) is 9.78 Å². The molecule has 2 fully saturated rings. The van der Waals surface area contributed by atoms with Crippen molar-refractivity contribution >= 4 is 27.4 Å². The zero-order chi connectivity index (χ0) is 21.2. The van der Waals surface area contributed by atoms with Crippen molar-refractivity contribution in [3.63, 3.8) is 0 Å². The first kappa shape index (κ1) is 20.3. The van der Waals surface area contributed by atoms with E-state index in [0.29, 0.717) is 5.56 Å². The third-order valence-corrected chi connectivity index (χ3v) is 7.18. The molecule has 0 bridgehead atoms. The predicted octanol–water partition coefficient (Wildman–Crippen LogP) is 1.82. The molecule has 0 spiro atoms. The van der Waals surface area contributed by atoms with Gasteiger partial charge in [0.15, 0.2) is 0 Å². The fourth-order valence-electron chi connectivity index (χ4n) is 4.38. The van der Waals surface area contributed by atoms with Gasteiger partial charge in [-0.05, 0) is 38.4 Å². The number of rotatable bonds is 6. The minimum atomic E-state index is -0.515. The first-order valence-electron chi connectivity index (χ1n) is 10.8. The average molecular weight is 443 g/mol. The number of fused-ring (bicyclic) bond motifs is 1. The van der Waals surface area contributed by atoms with E-state index < -0.39 is 11.2 Å². The lowest BCUT2D eigenvalue weighted by Gasteiger charge is -2.26. The summed E-state index contributed by atoms with van der Waals surface area (Å²) < 4.78 is 7.11. The van der Waals surface area contributed by atoms with Crippen LogP contribution in [0.1, 0.15) is 25.7 Å². The average Bonchev–Trinajstić information content (AvgIpc) is 3.41. The SMILES string of the molecule is O=c1[nH]cc(-c2cc3ncnc(N4CCC(OCCN5CCCCC5)C4)c3s2)c(=O)[nH]1. The smallest absolute Gasteiger partial charge is 0.325 e. The fourth-order valence-corrected chi connectivity index (χ4v) is 5.52. The summed E-state index contributed by atoms with van der Waals surface area (Å²) in [7, 11) is 0. The Labute approximate surface area is 183 Å². The Bertz CT molecular complexity index is 1170.